The molecule has 258 valence electrons. The molecule has 0 bridgehead atoms. The zero-order chi connectivity index (χ0) is 33.0. The molecular weight excluding hydrogens is 628 g/mol. The van der Waals surface area contributed by atoms with Crippen molar-refractivity contribution in [2.75, 3.05) is 26.6 Å². The Morgan fingerprint density at radius 1 is 0.660 bits per heavy atom. The van der Waals surface area contributed by atoms with Crippen LogP contribution in [0.1, 0.15) is 23.3 Å². The number of ether oxygens (including phenoxy) is 8. The van der Waals surface area contributed by atoms with Gasteiger partial charge in [0.05, 0.1) is 32.0 Å². The standard InChI is InChI=1S/C31H38O16/c32-8-18-21(33)23(35)25(37)30(45-18)41-10-19-22(34)24(36)26(38)31(46-19)44-14-4-1-12(2-5-14)28-20-15(9-40-28)27(47-29(20)39)13-3-6-16-17(7-13)43-11-42-16/h1-7,15,18-39H,8-11H2/t15-,18+,19+,20-,21+,22+,23-,24-,25+,26+,27+,28+,29+,30+,31+/m0/s1. The summed E-state index contributed by atoms with van der Waals surface area (Å²) in [5, 5.41) is 82.0. The lowest BCUT2D eigenvalue weighted by Gasteiger charge is -2.42. The molecule has 2 aromatic carbocycles. The van der Waals surface area contributed by atoms with Crippen LogP contribution in [0.25, 0.3) is 0 Å². The summed E-state index contributed by atoms with van der Waals surface area (Å²) in [5.41, 5.74) is 1.61. The van der Waals surface area contributed by atoms with Crippen molar-refractivity contribution in [3.8, 4) is 17.2 Å². The van der Waals surface area contributed by atoms with Gasteiger partial charge in [0.15, 0.2) is 24.1 Å². The van der Waals surface area contributed by atoms with Gasteiger partial charge in [-0.25, -0.2) is 0 Å². The van der Waals surface area contributed by atoms with E-state index in [0.29, 0.717) is 18.1 Å². The Hall–Kier alpha value is -2.68. The lowest BCUT2D eigenvalue weighted by Crippen LogP contribution is -2.62. The Morgan fingerprint density at radius 2 is 1.32 bits per heavy atom. The monoisotopic (exact) mass is 666 g/mol. The maximum absolute atomic E-state index is 10.9. The molecule has 8 N–H and O–H groups in total. The molecule has 0 aliphatic carbocycles. The highest BCUT2D eigenvalue weighted by molar-refractivity contribution is 5.45. The first-order chi connectivity index (χ1) is 22.6. The van der Waals surface area contributed by atoms with Gasteiger partial charge in [0.25, 0.3) is 0 Å². The predicted octanol–water partition coefficient (Wildman–Crippen LogP) is -2.19. The van der Waals surface area contributed by atoms with Crippen molar-refractivity contribution in [3.63, 3.8) is 0 Å². The zero-order valence-corrected chi connectivity index (χ0v) is 24.9. The molecule has 47 heavy (non-hydrogen) atoms. The van der Waals surface area contributed by atoms with Crippen LogP contribution < -0.4 is 14.2 Å². The Balaban J connectivity index is 0.981. The Morgan fingerprint density at radius 3 is 2.06 bits per heavy atom. The second-order valence-electron chi connectivity index (χ2n) is 12.3. The molecule has 0 unspecified atom stereocenters. The topological polar surface area (TPSA) is 236 Å². The van der Waals surface area contributed by atoms with E-state index in [1.54, 1.807) is 24.3 Å². The molecule has 0 radical (unpaired) electrons. The van der Waals surface area contributed by atoms with Gasteiger partial charge in [0, 0.05) is 11.8 Å². The number of aliphatic hydroxyl groups excluding tert-OH is 8. The number of hydrogen-bond acceptors (Lipinski definition) is 16. The average Bonchev–Trinajstić information content (AvgIpc) is 3.81. The van der Waals surface area contributed by atoms with Crippen LogP contribution in [0, 0.1) is 11.8 Å². The fraction of sp³-hybridized carbons (Fsp3) is 0.613. The van der Waals surface area contributed by atoms with Crippen LogP contribution in [0.3, 0.4) is 0 Å². The molecule has 15 atom stereocenters. The molecule has 0 saturated carbocycles. The van der Waals surface area contributed by atoms with Gasteiger partial charge in [-0.05, 0) is 35.4 Å². The third-order valence-electron chi connectivity index (χ3n) is 9.44. The van der Waals surface area contributed by atoms with Crippen LogP contribution in [-0.4, -0.2) is 135 Å². The van der Waals surface area contributed by atoms with E-state index in [0.717, 1.165) is 11.1 Å². The van der Waals surface area contributed by atoms with Gasteiger partial charge in [0.1, 0.15) is 54.6 Å². The van der Waals surface area contributed by atoms with Crippen LogP contribution in [0.5, 0.6) is 17.2 Å². The molecule has 7 rings (SSSR count). The van der Waals surface area contributed by atoms with Gasteiger partial charge >= 0.3 is 0 Å². The van der Waals surface area contributed by atoms with Crippen LogP contribution in [0.15, 0.2) is 42.5 Å². The maximum atomic E-state index is 10.9. The highest BCUT2D eigenvalue weighted by atomic mass is 16.7. The predicted molar refractivity (Wildman–Crippen MR) is 152 cm³/mol. The molecule has 0 spiro atoms. The molecule has 2 aromatic rings. The Bertz CT molecular complexity index is 1380. The highest BCUT2D eigenvalue weighted by Crippen LogP contribution is 2.53. The van der Waals surface area contributed by atoms with E-state index in [2.05, 4.69) is 0 Å². The molecule has 4 fully saturated rings. The number of fused-ring (bicyclic) bond motifs is 2. The van der Waals surface area contributed by atoms with Gasteiger partial charge < -0.3 is 78.7 Å². The van der Waals surface area contributed by atoms with E-state index in [1.165, 1.54) is 0 Å². The van der Waals surface area contributed by atoms with Crippen LogP contribution >= 0.6 is 0 Å². The molecule has 16 nitrogen and oxygen atoms in total. The van der Waals surface area contributed by atoms with Gasteiger partial charge in [-0.1, -0.05) is 18.2 Å². The smallest absolute Gasteiger partial charge is 0.231 e. The summed E-state index contributed by atoms with van der Waals surface area (Å²) in [4.78, 5) is 0. The summed E-state index contributed by atoms with van der Waals surface area (Å²) in [6.45, 7) is -0.625. The zero-order valence-electron chi connectivity index (χ0n) is 24.9. The molecule has 4 saturated heterocycles. The second kappa shape index (κ2) is 13.3. The van der Waals surface area contributed by atoms with Crippen molar-refractivity contribution in [3.05, 3.63) is 53.6 Å². The molecule has 5 heterocycles. The number of benzene rings is 2. The van der Waals surface area contributed by atoms with E-state index < -0.39 is 93.1 Å². The largest absolute Gasteiger partial charge is 0.462 e. The van der Waals surface area contributed by atoms with E-state index in [4.69, 9.17) is 37.9 Å². The number of rotatable bonds is 8. The summed E-state index contributed by atoms with van der Waals surface area (Å²) in [6.07, 6.45) is -17.2. The fourth-order valence-corrected chi connectivity index (χ4v) is 6.80. The molecular formula is C31H38O16. The van der Waals surface area contributed by atoms with E-state index in [-0.39, 0.29) is 24.4 Å². The van der Waals surface area contributed by atoms with Gasteiger partial charge in [-0.15, -0.1) is 0 Å². The van der Waals surface area contributed by atoms with Crippen molar-refractivity contribution < 1.29 is 78.7 Å². The molecule has 0 amide bonds. The minimum atomic E-state index is -1.69. The molecule has 5 aliphatic rings. The van der Waals surface area contributed by atoms with E-state index >= 15 is 0 Å². The van der Waals surface area contributed by atoms with Crippen molar-refractivity contribution >= 4 is 0 Å². The third kappa shape index (κ3) is 6.08. The van der Waals surface area contributed by atoms with Crippen molar-refractivity contribution in [2.24, 2.45) is 11.8 Å². The SMILES string of the molecule is OC[C@H]1O[C@@H](OC[C@H]2O[C@@H](Oc3ccc([C@H]4OC[C@H]5[C@@H]4[C@H](O)O[C@@H]5c4ccc5c(c4)OCO5)cc3)[C@H](O)[C@@H](O)[C@@H]2O)[C@H](O)[C@@H](O)[C@@H]1O. The van der Waals surface area contributed by atoms with Crippen LogP contribution in [-0.2, 0) is 23.7 Å². The highest BCUT2D eigenvalue weighted by Gasteiger charge is 2.53. The quantitative estimate of drug-likeness (QED) is 0.149. The van der Waals surface area contributed by atoms with Gasteiger partial charge in [-0.3, -0.25) is 0 Å². The number of hydrogen-bond donors (Lipinski definition) is 8. The van der Waals surface area contributed by atoms with Crippen LogP contribution in [0.2, 0.25) is 0 Å². The summed E-state index contributed by atoms with van der Waals surface area (Å²) >= 11 is 0. The first-order valence-electron chi connectivity index (χ1n) is 15.4. The van der Waals surface area contributed by atoms with Gasteiger partial charge in [0.2, 0.25) is 13.1 Å². The lowest BCUT2D eigenvalue weighted by atomic mass is 9.84. The fourth-order valence-electron chi connectivity index (χ4n) is 6.80. The summed E-state index contributed by atoms with van der Waals surface area (Å²) < 4.78 is 45.3. The summed E-state index contributed by atoms with van der Waals surface area (Å²) in [6, 6.07) is 12.2. The van der Waals surface area contributed by atoms with Crippen LogP contribution in [0.4, 0.5) is 0 Å². The molecule has 0 aromatic heterocycles. The summed E-state index contributed by atoms with van der Waals surface area (Å²) in [7, 11) is 0. The third-order valence-corrected chi connectivity index (χ3v) is 9.44. The lowest BCUT2D eigenvalue weighted by molar-refractivity contribution is -0.323. The first-order valence-corrected chi connectivity index (χ1v) is 15.4. The molecule has 5 aliphatic heterocycles. The Kier molecular flexibility index (Phi) is 9.31. The van der Waals surface area contributed by atoms with E-state index in [1.807, 2.05) is 18.2 Å². The minimum absolute atomic E-state index is 0.118. The number of aliphatic hydroxyl groups is 8. The molecule has 16 heteroatoms. The van der Waals surface area contributed by atoms with Crippen molar-refractivity contribution in [2.45, 2.75) is 79.9 Å². The summed E-state index contributed by atoms with van der Waals surface area (Å²) in [5.74, 6) is 1.07. The maximum Gasteiger partial charge on any atom is 0.231 e. The minimum Gasteiger partial charge on any atom is -0.462 e. The first kappa shape index (κ1) is 32.8. The van der Waals surface area contributed by atoms with Crippen molar-refractivity contribution in [1.82, 2.24) is 0 Å². The average molecular weight is 667 g/mol. The van der Waals surface area contributed by atoms with Crippen molar-refractivity contribution in [1.29, 1.82) is 0 Å². The van der Waals surface area contributed by atoms with E-state index in [9.17, 15) is 40.9 Å². The normalized spacial score (nSPS) is 42.8. The second-order valence-corrected chi connectivity index (χ2v) is 12.3. The van der Waals surface area contributed by atoms with Gasteiger partial charge in [-0.2, -0.15) is 0 Å². The Labute approximate surface area is 268 Å².